The molecule has 5 heteroatoms. The molecule has 4 nitrogen and oxygen atoms in total. The van der Waals surface area contributed by atoms with Crippen molar-refractivity contribution in [3.8, 4) is 0 Å². The number of halogens is 1. The molecule has 98 valence electrons. The Kier molecular flexibility index (Phi) is 3.92. The van der Waals surface area contributed by atoms with E-state index in [-0.39, 0.29) is 18.4 Å². The number of benzene rings is 1. The lowest BCUT2D eigenvalue weighted by atomic mass is 9.92. The van der Waals surface area contributed by atoms with Gasteiger partial charge in [-0.2, -0.15) is 0 Å². The van der Waals surface area contributed by atoms with Crippen molar-refractivity contribution in [3.05, 3.63) is 28.7 Å². The molecule has 1 aliphatic carbocycles. The van der Waals surface area contributed by atoms with Crippen LogP contribution in [0.4, 0.5) is 5.69 Å². The summed E-state index contributed by atoms with van der Waals surface area (Å²) >= 11 is 3.46. The van der Waals surface area contributed by atoms with Crippen LogP contribution < -0.4 is 11.1 Å². The standard InChI is InChI=1S/C13H17BrN2O2/c1-18-8-13(12(15)17,9-6-7-9)16-11-5-3-2-4-10(11)14/h2-5,9,16H,6-8H2,1H3,(H2,15,17). The number of carbonyl (C=O) groups excluding carboxylic acids is 1. The first-order valence-electron chi connectivity index (χ1n) is 5.91. The molecule has 0 saturated heterocycles. The zero-order chi connectivity index (χ0) is 13.2. The van der Waals surface area contributed by atoms with Gasteiger partial charge in [0.2, 0.25) is 5.91 Å². The van der Waals surface area contributed by atoms with Gasteiger partial charge in [-0.05, 0) is 46.8 Å². The Morgan fingerprint density at radius 1 is 1.56 bits per heavy atom. The van der Waals surface area contributed by atoms with E-state index in [1.807, 2.05) is 24.3 Å². The molecule has 1 saturated carbocycles. The van der Waals surface area contributed by atoms with Gasteiger partial charge in [0, 0.05) is 17.3 Å². The summed E-state index contributed by atoms with van der Waals surface area (Å²) in [5, 5.41) is 3.28. The molecule has 1 aromatic rings. The average Bonchev–Trinajstić information content (AvgIpc) is 3.15. The fourth-order valence-electron chi connectivity index (χ4n) is 2.20. The van der Waals surface area contributed by atoms with Crippen molar-refractivity contribution >= 4 is 27.5 Å². The number of amides is 1. The highest BCUT2D eigenvalue weighted by Gasteiger charge is 2.50. The van der Waals surface area contributed by atoms with E-state index < -0.39 is 5.54 Å². The fraction of sp³-hybridized carbons (Fsp3) is 0.462. The summed E-state index contributed by atoms with van der Waals surface area (Å²) in [6.07, 6.45) is 2.01. The molecule has 2 rings (SSSR count). The molecule has 1 unspecified atom stereocenters. The molecule has 0 heterocycles. The molecule has 0 aliphatic heterocycles. The summed E-state index contributed by atoms with van der Waals surface area (Å²) in [6.45, 7) is 0.286. The average molecular weight is 313 g/mol. The third-order valence-corrected chi connectivity index (χ3v) is 4.01. The van der Waals surface area contributed by atoms with Gasteiger partial charge in [-0.15, -0.1) is 0 Å². The van der Waals surface area contributed by atoms with Crippen LogP contribution in [0.5, 0.6) is 0 Å². The third kappa shape index (κ3) is 2.52. The van der Waals surface area contributed by atoms with Gasteiger partial charge in [-0.3, -0.25) is 4.79 Å². The van der Waals surface area contributed by atoms with Crippen LogP contribution >= 0.6 is 15.9 Å². The van der Waals surface area contributed by atoms with Gasteiger partial charge < -0.3 is 15.8 Å². The number of para-hydroxylation sites is 1. The second-order valence-electron chi connectivity index (χ2n) is 4.65. The summed E-state index contributed by atoms with van der Waals surface area (Å²) < 4.78 is 6.11. The molecule has 1 aliphatic rings. The summed E-state index contributed by atoms with van der Waals surface area (Å²) in [5.41, 5.74) is 5.65. The molecule has 1 fully saturated rings. The Morgan fingerprint density at radius 2 is 2.22 bits per heavy atom. The summed E-state index contributed by atoms with van der Waals surface area (Å²) in [5.74, 6) is -0.107. The molecule has 18 heavy (non-hydrogen) atoms. The van der Waals surface area contributed by atoms with Crippen LogP contribution in [0.15, 0.2) is 28.7 Å². The maximum Gasteiger partial charge on any atom is 0.245 e. The van der Waals surface area contributed by atoms with Crippen LogP contribution in [0.25, 0.3) is 0 Å². The highest BCUT2D eigenvalue weighted by molar-refractivity contribution is 9.10. The highest BCUT2D eigenvalue weighted by atomic mass is 79.9. The fourth-order valence-corrected chi connectivity index (χ4v) is 2.58. The van der Waals surface area contributed by atoms with E-state index in [4.69, 9.17) is 10.5 Å². The van der Waals surface area contributed by atoms with E-state index in [0.717, 1.165) is 23.0 Å². The van der Waals surface area contributed by atoms with Crippen molar-refractivity contribution in [2.75, 3.05) is 19.0 Å². The van der Waals surface area contributed by atoms with Gasteiger partial charge in [0.05, 0.1) is 6.61 Å². The minimum Gasteiger partial charge on any atom is -0.382 e. The lowest BCUT2D eigenvalue weighted by Crippen LogP contribution is -2.55. The van der Waals surface area contributed by atoms with Crippen molar-refractivity contribution in [2.24, 2.45) is 11.7 Å². The normalized spacial score (nSPS) is 18.1. The third-order valence-electron chi connectivity index (χ3n) is 3.32. The Morgan fingerprint density at radius 3 is 2.72 bits per heavy atom. The van der Waals surface area contributed by atoms with Gasteiger partial charge in [0.25, 0.3) is 0 Å². The molecule has 0 spiro atoms. The number of carbonyl (C=O) groups is 1. The SMILES string of the molecule is COCC(Nc1ccccc1Br)(C(N)=O)C1CC1. The van der Waals surface area contributed by atoms with E-state index >= 15 is 0 Å². The van der Waals surface area contributed by atoms with Gasteiger partial charge >= 0.3 is 0 Å². The van der Waals surface area contributed by atoms with Crippen LogP contribution in [-0.4, -0.2) is 25.2 Å². The van der Waals surface area contributed by atoms with Crippen molar-refractivity contribution in [1.82, 2.24) is 0 Å². The zero-order valence-corrected chi connectivity index (χ0v) is 11.9. The van der Waals surface area contributed by atoms with Gasteiger partial charge in [-0.1, -0.05) is 12.1 Å². The molecule has 1 atom stereocenters. The minimum absolute atomic E-state index is 0.252. The number of nitrogens with two attached hydrogens (primary N) is 1. The molecule has 0 radical (unpaired) electrons. The van der Waals surface area contributed by atoms with E-state index in [2.05, 4.69) is 21.2 Å². The number of rotatable bonds is 6. The van der Waals surface area contributed by atoms with Crippen molar-refractivity contribution in [1.29, 1.82) is 0 Å². The van der Waals surface area contributed by atoms with Crippen molar-refractivity contribution < 1.29 is 9.53 Å². The second-order valence-corrected chi connectivity index (χ2v) is 5.50. The lowest BCUT2D eigenvalue weighted by molar-refractivity contribution is -0.124. The first kappa shape index (κ1) is 13.4. The van der Waals surface area contributed by atoms with Crippen LogP contribution in [0.1, 0.15) is 12.8 Å². The van der Waals surface area contributed by atoms with Gasteiger partial charge in [-0.25, -0.2) is 0 Å². The summed E-state index contributed by atoms with van der Waals surface area (Å²) in [7, 11) is 1.59. The molecular formula is C13H17BrN2O2. The van der Waals surface area contributed by atoms with E-state index in [9.17, 15) is 4.79 Å². The van der Waals surface area contributed by atoms with Gasteiger partial charge in [0.1, 0.15) is 5.54 Å². The van der Waals surface area contributed by atoms with E-state index in [1.54, 1.807) is 7.11 Å². The molecule has 3 N–H and O–H groups in total. The topological polar surface area (TPSA) is 64.3 Å². The Bertz CT molecular complexity index is 448. The van der Waals surface area contributed by atoms with Gasteiger partial charge in [0.15, 0.2) is 0 Å². The van der Waals surface area contributed by atoms with Crippen LogP contribution in [0.3, 0.4) is 0 Å². The number of methoxy groups -OCH3 is 1. The number of nitrogens with one attached hydrogen (secondary N) is 1. The van der Waals surface area contributed by atoms with Crippen LogP contribution in [0, 0.1) is 5.92 Å². The Hall–Kier alpha value is -1.07. The number of anilines is 1. The smallest absolute Gasteiger partial charge is 0.245 e. The van der Waals surface area contributed by atoms with E-state index in [0.29, 0.717) is 0 Å². The Balaban J connectivity index is 2.30. The number of ether oxygens (including phenoxy) is 1. The molecule has 1 amide bonds. The molecular weight excluding hydrogens is 296 g/mol. The number of primary amides is 1. The highest BCUT2D eigenvalue weighted by Crippen LogP contribution is 2.42. The second kappa shape index (κ2) is 5.28. The van der Waals surface area contributed by atoms with Crippen molar-refractivity contribution in [2.45, 2.75) is 18.4 Å². The molecule has 0 bridgehead atoms. The largest absolute Gasteiger partial charge is 0.382 e. The molecule has 1 aromatic carbocycles. The lowest BCUT2D eigenvalue weighted by Gasteiger charge is -2.32. The zero-order valence-electron chi connectivity index (χ0n) is 10.3. The predicted octanol–water partition coefficient (Wildman–Crippen LogP) is 2.14. The number of hydrogen-bond donors (Lipinski definition) is 2. The molecule has 0 aromatic heterocycles. The first-order chi connectivity index (χ1) is 8.60. The summed E-state index contributed by atoms with van der Waals surface area (Å²) in [6, 6.07) is 7.68. The number of hydrogen-bond acceptors (Lipinski definition) is 3. The first-order valence-corrected chi connectivity index (χ1v) is 6.71. The maximum absolute atomic E-state index is 11.9. The summed E-state index contributed by atoms with van der Waals surface area (Å²) in [4.78, 5) is 11.9. The predicted molar refractivity (Wildman–Crippen MR) is 74.3 cm³/mol. The Labute approximate surface area is 115 Å². The van der Waals surface area contributed by atoms with E-state index in [1.165, 1.54) is 0 Å². The maximum atomic E-state index is 11.9. The monoisotopic (exact) mass is 312 g/mol. The minimum atomic E-state index is -0.807. The quantitative estimate of drug-likeness (QED) is 0.846. The van der Waals surface area contributed by atoms with Crippen molar-refractivity contribution in [3.63, 3.8) is 0 Å². The van der Waals surface area contributed by atoms with Crippen LogP contribution in [-0.2, 0) is 9.53 Å². The van der Waals surface area contributed by atoms with Crippen LogP contribution in [0.2, 0.25) is 0 Å².